The van der Waals surface area contributed by atoms with Crippen molar-refractivity contribution in [2.75, 3.05) is 26.7 Å². The van der Waals surface area contributed by atoms with Crippen LogP contribution in [0.4, 0.5) is 0 Å². The van der Waals surface area contributed by atoms with Gasteiger partial charge in [-0.25, -0.2) is 14.6 Å². The molecule has 7 nitrogen and oxygen atoms in total. The van der Waals surface area contributed by atoms with Crippen LogP contribution in [0.1, 0.15) is 23.6 Å². The molecule has 26 heavy (non-hydrogen) atoms. The van der Waals surface area contributed by atoms with Gasteiger partial charge in [0.25, 0.3) is 0 Å². The molecule has 3 heterocycles. The summed E-state index contributed by atoms with van der Waals surface area (Å²) in [4.78, 5) is 11.5. The van der Waals surface area contributed by atoms with E-state index >= 15 is 0 Å². The van der Waals surface area contributed by atoms with Crippen LogP contribution in [0.3, 0.4) is 0 Å². The lowest BCUT2D eigenvalue weighted by molar-refractivity contribution is 0.326. The van der Waals surface area contributed by atoms with Gasteiger partial charge in [0.15, 0.2) is 5.65 Å². The lowest BCUT2D eigenvalue weighted by atomic mass is 10.0. The van der Waals surface area contributed by atoms with Crippen LogP contribution in [0.2, 0.25) is 0 Å². The fourth-order valence-electron chi connectivity index (χ4n) is 3.67. The van der Waals surface area contributed by atoms with E-state index in [2.05, 4.69) is 27.0 Å². The van der Waals surface area contributed by atoms with E-state index in [1.807, 2.05) is 16.8 Å². The third kappa shape index (κ3) is 3.27. The molecule has 1 aromatic carbocycles. The molecule has 1 fully saturated rings. The van der Waals surface area contributed by atoms with E-state index in [-0.39, 0.29) is 0 Å². The molecular weight excluding hydrogens is 328 g/mol. The smallest absolute Gasteiger partial charge is 0.177 e. The molecule has 1 saturated heterocycles. The first kappa shape index (κ1) is 16.9. The summed E-state index contributed by atoms with van der Waals surface area (Å²) in [6.07, 6.45) is 4.54. The molecule has 1 unspecified atom stereocenters. The highest BCUT2D eigenvalue weighted by molar-refractivity contribution is 5.73. The summed E-state index contributed by atoms with van der Waals surface area (Å²) in [5, 5.41) is 4.79. The number of benzene rings is 1. The van der Waals surface area contributed by atoms with Crippen molar-refractivity contribution < 1.29 is 4.74 Å². The second-order valence-electron chi connectivity index (χ2n) is 6.69. The van der Waals surface area contributed by atoms with Crippen LogP contribution < -0.4 is 10.5 Å². The molecule has 2 aromatic heterocycles. The lowest BCUT2D eigenvalue weighted by Gasteiger charge is -2.15. The van der Waals surface area contributed by atoms with Gasteiger partial charge in [0, 0.05) is 37.9 Å². The van der Waals surface area contributed by atoms with Crippen molar-refractivity contribution in [3.63, 3.8) is 0 Å². The predicted molar refractivity (Wildman–Crippen MR) is 100 cm³/mol. The fraction of sp³-hybridized carbons (Fsp3) is 0.421. The van der Waals surface area contributed by atoms with Crippen molar-refractivity contribution in [2.24, 2.45) is 5.73 Å². The Balaban J connectivity index is 1.50. The largest absolute Gasteiger partial charge is 0.497 e. The Morgan fingerprint density at radius 2 is 2.00 bits per heavy atom. The zero-order valence-electron chi connectivity index (χ0n) is 15.0. The number of rotatable bonds is 6. The summed E-state index contributed by atoms with van der Waals surface area (Å²) in [5.41, 5.74) is 9.82. The maximum Gasteiger partial charge on any atom is 0.177 e. The number of fused-ring (bicyclic) bond motifs is 1. The molecule has 7 heteroatoms. The molecule has 1 aliphatic heterocycles. The first-order valence-corrected chi connectivity index (χ1v) is 9.01. The Labute approximate surface area is 152 Å². The topological polar surface area (TPSA) is 82.1 Å². The Bertz CT molecular complexity index is 875. The molecule has 4 rings (SSSR count). The van der Waals surface area contributed by atoms with E-state index in [1.54, 1.807) is 19.5 Å². The van der Waals surface area contributed by atoms with Gasteiger partial charge in [0.05, 0.1) is 19.3 Å². The van der Waals surface area contributed by atoms with E-state index < -0.39 is 0 Å². The van der Waals surface area contributed by atoms with E-state index in [9.17, 15) is 0 Å². The van der Waals surface area contributed by atoms with Crippen LogP contribution >= 0.6 is 0 Å². The standard InChI is InChI=1S/C19H24N6O/c1-26-16-4-2-14(3-5-16)12-24-10-6-15(13-24)17-18-19(22-9-8-21-18)25(23-17)11-7-20/h2-5,8-9,15H,6-7,10-13,20H2,1H3. The SMILES string of the molecule is COc1ccc(CN2CCC(c3nn(CCN)c4nccnc34)C2)cc1. The van der Waals surface area contributed by atoms with Gasteiger partial charge in [0.2, 0.25) is 0 Å². The summed E-state index contributed by atoms with van der Waals surface area (Å²) >= 11 is 0. The Kier molecular flexibility index (Phi) is 4.81. The Morgan fingerprint density at radius 3 is 2.77 bits per heavy atom. The van der Waals surface area contributed by atoms with E-state index in [0.29, 0.717) is 19.0 Å². The minimum atomic E-state index is 0.381. The molecule has 0 bridgehead atoms. The zero-order valence-corrected chi connectivity index (χ0v) is 15.0. The number of hydrogen-bond acceptors (Lipinski definition) is 6. The first-order chi connectivity index (χ1) is 12.8. The lowest BCUT2D eigenvalue weighted by Crippen LogP contribution is -2.20. The molecule has 3 aromatic rings. The Hall–Kier alpha value is -2.51. The third-order valence-electron chi connectivity index (χ3n) is 4.96. The molecule has 0 radical (unpaired) electrons. The summed E-state index contributed by atoms with van der Waals surface area (Å²) in [6.45, 7) is 4.19. The average molecular weight is 352 g/mol. The molecule has 0 spiro atoms. The van der Waals surface area contributed by atoms with Crippen molar-refractivity contribution in [3.05, 3.63) is 47.9 Å². The highest BCUT2D eigenvalue weighted by Crippen LogP contribution is 2.31. The number of methoxy groups -OCH3 is 1. The quantitative estimate of drug-likeness (QED) is 0.728. The maximum absolute atomic E-state index is 5.72. The van der Waals surface area contributed by atoms with Crippen LogP contribution in [-0.2, 0) is 13.1 Å². The molecule has 0 amide bonds. The van der Waals surface area contributed by atoms with Gasteiger partial charge in [-0.1, -0.05) is 12.1 Å². The second-order valence-corrected chi connectivity index (χ2v) is 6.69. The van der Waals surface area contributed by atoms with Crippen LogP contribution in [0, 0.1) is 0 Å². The normalized spacial score (nSPS) is 17.8. The summed E-state index contributed by atoms with van der Waals surface area (Å²) < 4.78 is 7.12. The number of ether oxygens (including phenoxy) is 1. The van der Waals surface area contributed by atoms with Crippen molar-refractivity contribution >= 4 is 11.2 Å². The van der Waals surface area contributed by atoms with Gasteiger partial charge in [0.1, 0.15) is 11.3 Å². The number of nitrogens with zero attached hydrogens (tertiary/aromatic N) is 5. The van der Waals surface area contributed by atoms with Crippen LogP contribution in [0.25, 0.3) is 11.2 Å². The van der Waals surface area contributed by atoms with Gasteiger partial charge in [-0.3, -0.25) is 4.90 Å². The van der Waals surface area contributed by atoms with Crippen molar-refractivity contribution in [1.29, 1.82) is 0 Å². The van der Waals surface area contributed by atoms with Crippen LogP contribution in [-0.4, -0.2) is 51.4 Å². The average Bonchev–Trinajstić information content (AvgIpc) is 3.28. The second kappa shape index (κ2) is 7.39. The highest BCUT2D eigenvalue weighted by Gasteiger charge is 2.28. The van der Waals surface area contributed by atoms with Gasteiger partial charge in [-0.2, -0.15) is 5.10 Å². The molecule has 0 aliphatic carbocycles. The van der Waals surface area contributed by atoms with E-state index in [1.165, 1.54) is 5.56 Å². The van der Waals surface area contributed by atoms with Gasteiger partial charge in [-0.05, 0) is 30.7 Å². The molecule has 136 valence electrons. The minimum Gasteiger partial charge on any atom is -0.497 e. The molecule has 1 atom stereocenters. The minimum absolute atomic E-state index is 0.381. The Morgan fingerprint density at radius 1 is 1.19 bits per heavy atom. The molecule has 0 saturated carbocycles. The number of nitrogens with two attached hydrogens (primary N) is 1. The third-order valence-corrected chi connectivity index (χ3v) is 4.96. The zero-order chi connectivity index (χ0) is 17.9. The fourth-order valence-corrected chi connectivity index (χ4v) is 3.67. The highest BCUT2D eigenvalue weighted by atomic mass is 16.5. The molecule has 2 N–H and O–H groups in total. The van der Waals surface area contributed by atoms with Gasteiger partial charge < -0.3 is 10.5 Å². The predicted octanol–water partition coefficient (Wildman–Crippen LogP) is 1.78. The van der Waals surface area contributed by atoms with Gasteiger partial charge in [-0.15, -0.1) is 0 Å². The summed E-state index contributed by atoms with van der Waals surface area (Å²) in [7, 11) is 1.69. The summed E-state index contributed by atoms with van der Waals surface area (Å²) in [6, 6.07) is 8.28. The van der Waals surface area contributed by atoms with Gasteiger partial charge >= 0.3 is 0 Å². The van der Waals surface area contributed by atoms with Crippen LogP contribution in [0.5, 0.6) is 5.75 Å². The molecule has 1 aliphatic rings. The van der Waals surface area contributed by atoms with E-state index in [4.69, 9.17) is 15.6 Å². The maximum atomic E-state index is 5.72. The first-order valence-electron chi connectivity index (χ1n) is 9.01. The monoisotopic (exact) mass is 352 g/mol. The van der Waals surface area contributed by atoms with Crippen molar-refractivity contribution in [1.82, 2.24) is 24.6 Å². The van der Waals surface area contributed by atoms with E-state index in [0.717, 1.165) is 48.7 Å². The molecular formula is C19H24N6O. The number of aromatic nitrogens is 4. The summed E-state index contributed by atoms with van der Waals surface area (Å²) in [5.74, 6) is 1.27. The van der Waals surface area contributed by atoms with Crippen LogP contribution in [0.15, 0.2) is 36.7 Å². The number of hydrogen-bond donors (Lipinski definition) is 1. The van der Waals surface area contributed by atoms with Crippen molar-refractivity contribution in [3.8, 4) is 5.75 Å². The number of likely N-dealkylation sites (tertiary alicyclic amines) is 1. The van der Waals surface area contributed by atoms with Crippen molar-refractivity contribution in [2.45, 2.75) is 25.4 Å².